The summed E-state index contributed by atoms with van der Waals surface area (Å²) in [5.41, 5.74) is 7.46. The third-order valence-corrected chi connectivity index (χ3v) is 7.24. The van der Waals surface area contributed by atoms with Crippen molar-refractivity contribution in [1.82, 2.24) is 15.3 Å². The summed E-state index contributed by atoms with van der Waals surface area (Å²) in [6.45, 7) is 1.89. The van der Waals surface area contributed by atoms with Crippen LogP contribution >= 0.6 is 0 Å². The van der Waals surface area contributed by atoms with Gasteiger partial charge in [0.05, 0.1) is 26.0 Å². The van der Waals surface area contributed by atoms with Crippen molar-refractivity contribution in [2.45, 2.75) is 43.6 Å². The minimum absolute atomic E-state index is 0.00492. The smallest absolute Gasteiger partial charge is 0.270 e. The first-order chi connectivity index (χ1) is 17.5. The van der Waals surface area contributed by atoms with Crippen LogP contribution in [-0.2, 0) is 30.7 Å². The van der Waals surface area contributed by atoms with Crippen molar-refractivity contribution >= 4 is 21.5 Å². The van der Waals surface area contributed by atoms with E-state index in [-0.39, 0.29) is 31.2 Å². The number of methoxy groups -OCH3 is 1. The molecule has 0 bridgehead atoms. The molecule has 1 saturated heterocycles. The molecule has 200 valence electrons. The average Bonchev–Trinajstić information content (AvgIpc) is 3.37. The molecule has 2 aliphatic heterocycles. The second-order valence-corrected chi connectivity index (χ2v) is 11.0. The van der Waals surface area contributed by atoms with Gasteiger partial charge in [0.15, 0.2) is 27.5 Å². The Labute approximate surface area is 213 Å². The Morgan fingerprint density at radius 2 is 2.03 bits per heavy atom. The third-order valence-electron chi connectivity index (χ3n) is 5.95. The number of amides is 1. The van der Waals surface area contributed by atoms with E-state index in [0.717, 1.165) is 6.26 Å². The van der Waals surface area contributed by atoms with Crippen molar-refractivity contribution in [3.63, 3.8) is 0 Å². The first-order valence-electron chi connectivity index (χ1n) is 11.4. The molecule has 14 heteroatoms. The number of hydrogen-bond acceptors (Lipinski definition) is 11. The van der Waals surface area contributed by atoms with E-state index in [1.54, 1.807) is 13.0 Å². The number of nitrogens with one attached hydrogen (secondary N) is 1. The SMILES string of the molecule is COc1cc(CNC(=O)c2cc(C3=NO[C@H]([C@H]4CO[C@@H](C(N)S(C)(=O)=O)CO4)C3)nc(C)n2)ccc1F. The van der Waals surface area contributed by atoms with Crippen molar-refractivity contribution in [2.75, 3.05) is 26.6 Å². The van der Waals surface area contributed by atoms with Gasteiger partial charge >= 0.3 is 0 Å². The highest BCUT2D eigenvalue weighted by molar-refractivity contribution is 7.91. The Kier molecular flexibility index (Phi) is 8.02. The van der Waals surface area contributed by atoms with Gasteiger partial charge in [-0.15, -0.1) is 0 Å². The standard InChI is InChI=1S/C23H28FN5O7S/c1-12-27-15(7-17(28-12)23(30)26-9-13-4-5-14(24)18(6-13)33-2)16-8-19(36-29-16)20-10-35-21(11-34-20)22(25)37(3,31)32/h4-7,19-22H,8-11,25H2,1-3H3,(H,26,30)/t19-,20+,21+,22?/m0/s1. The molecule has 0 radical (unpaired) electrons. The number of benzene rings is 1. The maximum Gasteiger partial charge on any atom is 0.270 e. The number of aryl methyl sites for hydroxylation is 1. The van der Waals surface area contributed by atoms with E-state index >= 15 is 0 Å². The molecule has 1 fully saturated rings. The van der Waals surface area contributed by atoms with Crippen LogP contribution in [0.15, 0.2) is 29.4 Å². The summed E-state index contributed by atoms with van der Waals surface area (Å²) in [6.07, 6.45) is -0.349. The zero-order chi connectivity index (χ0) is 26.7. The Bertz CT molecular complexity index is 1300. The van der Waals surface area contributed by atoms with Crippen molar-refractivity contribution in [3.05, 3.63) is 52.9 Å². The fraction of sp³-hybridized carbons (Fsp3) is 0.478. The lowest BCUT2D eigenvalue weighted by Gasteiger charge is -2.33. The van der Waals surface area contributed by atoms with Crippen LogP contribution < -0.4 is 15.8 Å². The van der Waals surface area contributed by atoms with Gasteiger partial charge < -0.3 is 30.1 Å². The molecule has 12 nitrogen and oxygen atoms in total. The molecule has 3 N–H and O–H groups in total. The topological polar surface area (TPSA) is 164 Å². The normalized spacial score (nSPS) is 22.6. The first-order valence-corrected chi connectivity index (χ1v) is 13.4. The number of nitrogens with zero attached hydrogens (tertiary/aromatic N) is 3. The number of hydrogen-bond donors (Lipinski definition) is 2. The van der Waals surface area contributed by atoms with E-state index in [9.17, 15) is 17.6 Å². The van der Waals surface area contributed by atoms with Gasteiger partial charge in [-0.3, -0.25) is 4.79 Å². The van der Waals surface area contributed by atoms with Crippen LogP contribution in [0.3, 0.4) is 0 Å². The molecule has 3 heterocycles. The van der Waals surface area contributed by atoms with Gasteiger partial charge in [0.1, 0.15) is 34.8 Å². The summed E-state index contributed by atoms with van der Waals surface area (Å²) >= 11 is 0. The number of carbonyl (C=O) groups is 1. The molecule has 1 amide bonds. The zero-order valence-electron chi connectivity index (χ0n) is 20.5. The van der Waals surface area contributed by atoms with Crippen LogP contribution in [0.1, 0.15) is 34.0 Å². The number of nitrogens with two attached hydrogens (primary N) is 1. The van der Waals surface area contributed by atoms with E-state index in [0.29, 0.717) is 29.2 Å². The Morgan fingerprint density at radius 3 is 2.70 bits per heavy atom. The van der Waals surface area contributed by atoms with Crippen LogP contribution in [-0.4, -0.2) is 80.3 Å². The molecule has 1 aromatic heterocycles. The van der Waals surface area contributed by atoms with E-state index in [2.05, 4.69) is 20.4 Å². The summed E-state index contributed by atoms with van der Waals surface area (Å²) in [7, 11) is -2.11. The summed E-state index contributed by atoms with van der Waals surface area (Å²) in [5, 5.41) is 5.68. The highest BCUT2D eigenvalue weighted by Crippen LogP contribution is 2.24. The maximum absolute atomic E-state index is 13.6. The van der Waals surface area contributed by atoms with Crippen LogP contribution in [0.25, 0.3) is 0 Å². The van der Waals surface area contributed by atoms with E-state index in [1.165, 1.54) is 25.3 Å². The summed E-state index contributed by atoms with van der Waals surface area (Å²) in [4.78, 5) is 26.9. The molecular weight excluding hydrogens is 509 g/mol. The number of ether oxygens (including phenoxy) is 3. The van der Waals surface area contributed by atoms with Gasteiger partial charge in [-0.05, 0) is 30.7 Å². The summed E-state index contributed by atoms with van der Waals surface area (Å²) < 4.78 is 53.3. The first kappa shape index (κ1) is 26.9. The molecule has 37 heavy (non-hydrogen) atoms. The third kappa shape index (κ3) is 6.39. The fourth-order valence-electron chi connectivity index (χ4n) is 3.88. The Hall–Kier alpha value is -3.20. The molecule has 4 rings (SSSR count). The lowest BCUT2D eigenvalue weighted by molar-refractivity contribution is -0.170. The van der Waals surface area contributed by atoms with Gasteiger partial charge in [0.2, 0.25) is 0 Å². The highest BCUT2D eigenvalue weighted by Gasteiger charge is 2.38. The number of oxime groups is 1. The number of aromatic nitrogens is 2. The summed E-state index contributed by atoms with van der Waals surface area (Å²) in [5.74, 6) is -0.480. The molecule has 0 aliphatic carbocycles. The monoisotopic (exact) mass is 537 g/mol. The number of sulfone groups is 1. The van der Waals surface area contributed by atoms with Gasteiger partial charge in [0, 0.05) is 19.2 Å². The van der Waals surface area contributed by atoms with Gasteiger partial charge in [-0.2, -0.15) is 0 Å². The summed E-state index contributed by atoms with van der Waals surface area (Å²) in [6, 6.07) is 5.83. The predicted molar refractivity (Wildman–Crippen MR) is 129 cm³/mol. The van der Waals surface area contributed by atoms with Crippen LogP contribution in [0.4, 0.5) is 4.39 Å². The largest absolute Gasteiger partial charge is 0.494 e. The average molecular weight is 538 g/mol. The molecule has 2 aromatic rings. The van der Waals surface area contributed by atoms with Crippen LogP contribution in [0.2, 0.25) is 0 Å². The fourth-order valence-corrected chi connectivity index (χ4v) is 4.59. The van der Waals surface area contributed by atoms with E-state index < -0.39 is 45.2 Å². The van der Waals surface area contributed by atoms with Gasteiger partial charge in [-0.1, -0.05) is 11.2 Å². The second kappa shape index (κ2) is 11.0. The number of carbonyl (C=O) groups excluding carboxylic acids is 1. The highest BCUT2D eigenvalue weighted by atomic mass is 32.2. The quantitative estimate of drug-likeness (QED) is 0.484. The minimum atomic E-state index is -3.47. The molecular formula is C23H28FN5O7S. The van der Waals surface area contributed by atoms with Gasteiger partial charge in [0.25, 0.3) is 5.91 Å². The molecule has 0 saturated carbocycles. The Morgan fingerprint density at radius 1 is 1.24 bits per heavy atom. The predicted octanol–water partition coefficient (Wildman–Crippen LogP) is 0.469. The van der Waals surface area contributed by atoms with Crippen molar-refractivity contribution in [2.24, 2.45) is 10.9 Å². The molecule has 0 spiro atoms. The second-order valence-electron chi connectivity index (χ2n) is 8.76. The van der Waals surface area contributed by atoms with Crippen molar-refractivity contribution in [3.8, 4) is 5.75 Å². The molecule has 1 unspecified atom stereocenters. The van der Waals surface area contributed by atoms with Crippen molar-refractivity contribution < 1.29 is 36.7 Å². The number of rotatable bonds is 8. The van der Waals surface area contributed by atoms with Gasteiger partial charge in [-0.25, -0.2) is 22.8 Å². The van der Waals surface area contributed by atoms with Crippen molar-refractivity contribution in [1.29, 1.82) is 0 Å². The molecule has 1 aromatic carbocycles. The lowest BCUT2D eigenvalue weighted by atomic mass is 10.0. The molecule has 2 aliphatic rings. The van der Waals surface area contributed by atoms with Crippen LogP contribution in [0.5, 0.6) is 5.75 Å². The van der Waals surface area contributed by atoms with E-state index in [1.807, 2.05) is 0 Å². The number of halogens is 1. The zero-order valence-corrected chi connectivity index (χ0v) is 21.3. The van der Waals surface area contributed by atoms with E-state index in [4.69, 9.17) is 24.8 Å². The lowest BCUT2D eigenvalue weighted by Crippen LogP contribution is -2.52. The van der Waals surface area contributed by atoms with Crippen LogP contribution in [0, 0.1) is 12.7 Å². The maximum atomic E-state index is 13.6. The Balaban J connectivity index is 1.36. The molecule has 4 atom stereocenters. The minimum Gasteiger partial charge on any atom is -0.494 e.